The summed E-state index contributed by atoms with van der Waals surface area (Å²) in [6.45, 7) is 4.20. The van der Waals surface area contributed by atoms with Crippen molar-refractivity contribution in [2.75, 3.05) is 24.5 Å². The predicted molar refractivity (Wildman–Crippen MR) is 109 cm³/mol. The maximum absolute atomic E-state index is 12.8. The summed E-state index contributed by atoms with van der Waals surface area (Å²) in [5.74, 6) is -0.0746. The van der Waals surface area contributed by atoms with E-state index < -0.39 is 11.6 Å². The number of urea groups is 1. The second-order valence-corrected chi connectivity index (χ2v) is 8.93. The van der Waals surface area contributed by atoms with Gasteiger partial charge in [0, 0.05) is 42.3 Å². The lowest BCUT2D eigenvalue weighted by Gasteiger charge is -2.41. The zero-order chi connectivity index (χ0) is 19.9. The number of carbonyl (C=O) groups is 3. The Morgan fingerprint density at radius 1 is 1.29 bits per heavy atom. The van der Waals surface area contributed by atoms with Gasteiger partial charge in [-0.2, -0.15) is 0 Å². The number of rotatable bonds is 5. The molecule has 4 amide bonds. The highest BCUT2D eigenvalue weighted by Crippen LogP contribution is 2.43. The number of hydrogen-bond donors (Lipinski definition) is 2. The average molecular weight is 449 g/mol. The summed E-state index contributed by atoms with van der Waals surface area (Å²) in [4.78, 5) is 41.0. The minimum atomic E-state index is -0.892. The van der Waals surface area contributed by atoms with Crippen molar-refractivity contribution in [1.82, 2.24) is 15.5 Å². The fourth-order valence-corrected chi connectivity index (χ4v) is 4.82. The van der Waals surface area contributed by atoms with Crippen molar-refractivity contribution >= 4 is 39.5 Å². The zero-order valence-corrected chi connectivity index (χ0v) is 17.5. The third kappa shape index (κ3) is 3.62. The van der Waals surface area contributed by atoms with Gasteiger partial charge in [-0.3, -0.25) is 14.9 Å². The van der Waals surface area contributed by atoms with Crippen LogP contribution in [0.1, 0.15) is 32.6 Å². The number of nitrogens with zero attached hydrogens (tertiary/aromatic N) is 2. The second kappa shape index (κ2) is 7.39. The number of imide groups is 1. The SMILES string of the molecule is C[C@H]1CN(C(=O)CCC2(C3CC3)NC(=O)NC2=O)CCN1c1cccc(Br)c1. The van der Waals surface area contributed by atoms with E-state index in [9.17, 15) is 14.4 Å². The molecule has 1 aromatic carbocycles. The van der Waals surface area contributed by atoms with E-state index in [1.54, 1.807) is 0 Å². The number of amides is 4. The molecule has 1 aromatic rings. The maximum atomic E-state index is 12.8. The van der Waals surface area contributed by atoms with Crippen LogP contribution < -0.4 is 15.5 Å². The minimum absolute atomic E-state index is 0.0507. The van der Waals surface area contributed by atoms with Gasteiger partial charge in [-0.05, 0) is 50.3 Å². The van der Waals surface area contributed by atoms with Crippen LogP contribution in [0.4, 0.5) is 10.5 Å². The van der Waals surface area contributed by atoms with E-state index in [0.29, 0.717) is 19.5 Å². The van der Waals surface area contributed by atoms with E-state index in [-0.39, 0.29) is 30.2 Å². The minimum Gasteiger partial charge on any atom is -0.365 e. The topological polar surface area (TPSA) is 81.8 Å². The van der Waals surface area contributed by atoms with Gasteiger partial charge in [-0.1, -0.05) is 22.0 Å². The molecule has 0 bridgehead atoms. The number of halogens is 1. The first-order valence-electron chi connectivity index (χ1n) is 9.82. The highest BCUT2D eigenvalue weighted by atomic mass is 79.9. The summed E-state index contributed by atoms with van der Waals surface area (Å²) in [5.41, 5.74) is 0.253. The summed E-state index contributed by atoms with van der Waals surface area (Å²) in [6, 6.07) is 7.96. The molecule has 0 aromatic heterocycles. The van der Waals surface area contributed by atoms with Crippen molar-refractivity contribution in [2.24, 2.45) is 5.92 Å². The molecule has 2 N–H and O–H groups in total. The first kappa shape index (κ1) is 19.2. The van der Waals surface area contributed by atoms with Crippen LogP contribution in [0.2, 0.25) is 0 Å². The molecule has 150 valence electrons. The number of piperazine rings is 1. The summed E-state index contributed by atoms with van der Waals surface area (Å²) in [6.07, 6.45) is 2.48. The number of anilines is 1. The molecule has 1 unspecified atom stereocenters. The zero-order valence-electron chi connectivity index (χ0n) is 15.9. The largest absolute Gasteiger partial charge is 0.365 e. The Morgan fingerprint density at radius 3 is 2.68 bits per heavy atom. The van der Waals surface area contributed by atoms with Gasteiger partial charge in [-0.25, -0.2) is 4.79 Å². The molecular weight excluding hydrogens is 424 g/mol. The monoisotopic (exact) mass is 448 g/mol. The van der Waals surface area contributed by atoms with Gasteiger partial charge in [0.2, 0.25) is 5.91 Å². The summed E-state index contributed by atoms with van der Waals surface area (Å²) >= 11 is 3.51. The van der Waals surface area contributed by atoms with Gasteiger partial charge < -0.3 is 15.1 Å². The van der Waals surface area contributed by atoms with Crippen LogP contribution in [0.15, 0.2) is 28.7 Å². The van der Waals surface area contributed by atoms with Gasteiger partial charge >= 0.3 is 6.03 Å². The first-order valence-corrected chi connectivity index (χ1v) is 10.6. The lowest BCUT2D eigenvalue weighted by molar-refractivity contribution is -0.133. The molecule has 1 aliphatic carbocycles. The Bertz CT molecular complexity index is 812. The third-order valence-electron chi connectivity index (χ3n) is 6.10. The van der Waals surface area contributed by atoms with E-state index in [4.69, 9.17) is 0 Å². The van der Waals surface area contributed by atoms with Crippen LogP contribution in [-0.2, 0) is 9.59 Å². The Kier molecular flexibility index (Phi) is 5.07. The van der Waals surface area contributed by atoms with Crippen molar-refractivity contribution in [1.29, 1.82) is 0 Å². The highest BCUT2D eigenvalue weighted by Gasteiger charge is 2.55. The maximum Gasteiger partial charge on any atom is 0.322 e. The van der Waals surface area contributed by atoms with Crippen LogP contribution >= 0.6 is 15.9 Å². The van der Waals surface area contributed by atoms with Crippen molar-refractivity contribution in [3.8, 4) is 0 Å². The van der Waals surface area contributed by atoms with Gasteiger partial charge in [0.1, 0.15) is 5.54 Å². The van der Waals surface area contributed by atoms with Crippen molar-refractivity contribution in [3.05, 3.63) is 28.7 Å². The van der Waals surface area contributed by atoms with Crippen molar-refractivity contribution < 1.29 is 14.4 Å². The molecule has 0 spiro atoms. The molecule has 7 nitrogen and oxygen atoms in total. The lowest BCUT2D eigenvalue weighted by Crippen LogP contribution is -2.54. The van der Waals surface area contributed by atoms with E-state index in [2.05, 4.69) is 50.5 Å². The van der Waals surface area contributed by atoms with Crippen molar-refractivity contribution in [3.63, 3.8) is 0 Å². The fraction of sp³-hybridized carbons (Fsp3) is 0.550. The Labute approximate surface area is 172 Å². The molecule has 8 heteroatoms. The molecule has 2 saturated heterocycles. The van der Waals surface area contributed by atoms with Crippen LogP contribution in [-0.4, -0.2) is 54.0 Å². The van der Waals surface area contributed by atoms with Crippen LogP contribution in [0, 0.1) is 5.92 Å². The van der Waals surface area contributed by atoms with Crippen LogP contribution in [0.3, 0.4) is 0 Å². The molecule has 2 heterocycles. The second-order valence-electron chi connectivity index (χ2n) is 8.02. The highest BCUT2D eigenvalue weighted by molar-refractivity contribution is 9.10. The van der Waals surface area contributed by atoms with Gasteiger partial charge in [0.15, 0.2) is 0 Å². The van der Waals surface area contributed by atoms with E-state index >= 15 is 0 Å². The fourth-order valence-electron chi connectivity index (χ4n) is 4.43. The van der Waals surface area contributed by atoms with E-state index in [1.165, 1.54) is 0 Å². The lowest BCUT2D eigenvalue weighted by atomic mass is 9.87. The van der Waals surface area contributed by atoms with Crippen LogP contribution in [0.5, 0.6) is 0 Å². The smallest absolute Gasteiger partial charge is 0.322 e. The predicted octanol–water partition coefficient (Wildman–Crippen LogP) is 2.25. The third-order valence-corrected chi connectivity index (χ3v) is 6.59. The summed E-state index contributed by atoms with van der Waals surface area (Å²) in [5, 5.41) is 5.14. The van der Waals surface area contributed by atoms with E-state index in [0.717, 1.165) is 29.5 Å². The van der Waals surface area contributed by atoms with Crippen molar-refractivity contribution in [2.45, 2.75) is 44.2 Å². The molecule has 28 heavy (non-hydrogen) atoms. The Hall–Kier alpha value is -2.09. The number of nitrogens with one attached hydrogen (secondary N) is 2. The molecular formula is C20H25BrN4O3. The van der Waals surface area contributed by atoms with Crippen LogP contribution in [0.25, 0.3) is 0 Å². The number of hydrogen-bond acceptors (Lipinski definition) is 4. The first-order chi connectivity index (χ1) is 13.4. The molecule has 2 aliphatic heterocycles. The van der Waals surface area contributed by atoms with Gasteiger partial charge in [0.25, 0.3) is 5.91 Å². The van der Waals surface area contributed by atoms with Gasteiger partial charge in [0.05, 0.1) is 0 Å². The molecule has 0 radical (unpaired) electrons. The molecule has 1 saturated carbocycles. The molecule has 4 rings (SSSR count). The molecule has 3 aliphatic rings. The number of carbonyl (C=O) groups excluding carboxylic acids is 3. The standard InChI is InChI=1S/C20H25BrN4O3/c1-13-12-24(9-10-25(13)16-4-2-3-15(21)11-16)17(26)7-8-20(14-5-6-14)18(27)22-19(28)23-20/h2-4,11,13-14H,5-10,12H2,1H3,(H2,22,23,27,28)/t13-,20?/m0/s1. The summed E-state index contributed by atoms with van der Waals surface area (Å²) in [7, 11) is 0. The molecule has 2 atom stereocenters. The average Bonchev–Trinajstić information content (AvgIpc) is 3.46. The van der Waals surface area contributed by atoms with E-state index in [1.807, 2.05) is 17.0 Å². The van der Waals surface area contributed by atoms with Gasteiger partial charge in [-0.15, -0.1) is 0 Å². The quantitative estimate of drug-likeness (QED) is 0.676. The summed E-state index contributed by atoms with van der Waals surface area (Å²) < 4.78 is 1.04. The molecule has 3 fully saturated rings. The number of benzene rings is 1. The Balaban J connectivity index is 1.36. The Morgan fingerprint density at radius 2 is 2.07 bits per heavy atom. The normalized spacial score (nSPS) is 27.6.